The summed E-state index contributed by atoms with van der Waals surface area (Å²) in [6, 6.07) is 10.4. The van der Waals surface area contributed by atoms with Crippen molar-refractivity contribution >= 4 is 11.6 Å². The van der Waals surface area contributed by atoms with Gasteiger partial charge in [-0.15, -0.1) is 11.6 Å². The van der Waals surface area contributed by atoms with Crippen molar-refractivity contribution in [2.24, 2.45) is 0 Å². The molecule has 0 radical (unpaired) electrons. The number of hydrogen-bond donors (Lipinski definition) is 0. The van der Waals surface area contributed by atoms with Gasteiger partial charge in [-0.3, -0.25) is 4.90 Å². The van der Waals surface area contributed by atoms with Gasteiger partial charge in [0.2, 0.25) is 0 Å². The SMILES string of the molecule is COCCOCCN(CCCl)Cc1ccccc1. The Bertz CT molecular complexity index is 295. The minimum Gasteiger partial charge on any atom is -0.382 e. The van der Waals surface area contributed by atoms with Gasteiger partial charge in [0.1, 0.15) is 0 Å². The molecule has 0 aliphatic heterocycles. The van der Waals surface area contributed by atoms with E-state index in [1.54, 1.807) is 7.11 Å². The normalized spacial score (nSPS) is 11.1. The van der Waals surface area contributed by atoms with Crippen LogP contribution in [0.15, 0.2) is 30.3 Å². The molecule has 0 saturated carbocycles. The van der Waals surface area contributed by atoms with E-state index in [1.807, 2.05) is 6.07 Å². The van der Waals surface area contributed by atoms with Crippen LogP contribution < -0.4 is 0 Å². The Labute approximate surface area is 115 Å². The molecule has 1 rings (SSSR count). The fraction of sp³-hybridized carbons (Fsp3) is 0.571. The lowest BCUT2D eigenvalue weighted by atomic mass is 10.2. The number of halogens is 1. The summed E-state index contributed by atoms with van der Waals surface area (Å²) in [5, 5.41) is 0. The largest absolute Gasteiger partial charge is 0.382 e. The quantitative estimate of drug-likeness (QED) is 0.482. The second kappa shape index (κ2) is 10.3. The Hall–Kier alpha value is -0.610. The Kier molecular flexibility index (Phi) is 8.86. The molecule has 0 unspecified atom stereocenters. The molecule has 0 atom stereocenters. The number of rotatable bonds is 10. The molecule has 0 N–H and O–H groups in total. The van der Waals surface area contributed by atoms with Crippen molar-refractivity contribution in [3.05, 3.63) is 35.9 Å². The number of methoxy groups -OCH3 is 1. The average molecular weight is 272 g/mol. The van der Waals surface area contributed by atoms with E-state index in [4.69, 9.17) is 21.1 Å². The van der Waals surface area contributed by atoms with Crippen molar-refractivity contribution in [1.82, 2.24) is 4.90 Å². The van der Waals surface area contributed by atoms with Gasteiger partial charge in [-0.05, 0) is 5.56 Å². The third-order valence-corrected chi connectivity index (χ3v) is 2.80. The lowest BCUT2D eigenvalue weighted by Gasteiger charge is -2.21. The van der Waals surface area contributed by atoms with Gasteiger partial charge >= 0.3 is 0 Å². The van der Waals surface area contributed by atoms with Crippen molar-refractivity contribution in [2.45, 2.75) is 6.54 Å². The van der Waals surface area contributed by atoms with Crippen LogP contribution in [0.1, 0.15) is 5.56 Å². The van der Waals surface area contributed by atoms with Gasteiger partial charge in [-0.2, -0.15) is 0 Å². The summed E-state index contributed by atoms with van der Waals surface area (Å²) in [6.45, 7) is 4.70. The van der Waals surface area contributed by atoms with Gasteiger partial charge in [0, 0.05) is 32.6 Å². The molecule has 1 aromatic rings. The average Bonchev–Trinajstić information content (AvgIpc) is 2.40. The molecule has 102 valence electrons. The van der Waals surface area contributed by atoms with Crippen molar-refractivity contribution in [2.75, 3.05) is 45.9 Å². The fourth-order valence-corrected chi connectivity index (χ4v) is 1.91. The van der Waals surface area contributed by atoms with Gasteiger partial charge in [0.25, 0.3) is 0 Å². The maximum Gasteiger partial charge on any atom is 0.0700 e. The van der Waals surface area contributed by atoms with Gasteiger partial charge in [0.05, 0.1) is 19.8 Å². The van der Waals surface area contributed by atoms with Crippen LogP contribution in [-0.4, -0.2) is 50.8 Å². The molecule has 0 amide bonds. The van der Waals surface area contributed by atoms with Gasteiger partial charge < -0.3 is 9.47 Å². The lowest BCUT2D eigenvalue weighted by Crippen LogP contribution is -2.29. The number of hydrogen-bond acceptors (Lipinski definition) is 3. The first-order valence-corrected chi connectivity index (χ1v) is 6.79. The van der Waals surface area contributed by atoms with Crippen LogP contribution in [0, 0.1) is 0 Å². The predicted molar refractivity (Wildman–Crippen MR) is 75.1 cm³/mol. The maximum absolute atomic E-state index is 5.82. The summed E-state index contributed by atoms with van der Waals surface area (Å²) in [5.74, 6) is 0.644. The maximum atomic E-state index is 5.82. The molecule has 0 aromatic heterocycles. The first-order chi connectivity index (χ1) is 8.86. The molecule has 4 heteroatoms. The van der Waals surface area contributed by atoms with Crippen LogP contribution in [0.4, 0.5) is 0 Å². The van der Waals surface area contributed by atoms with Gasteiger partial charge in [-0.1, -0.05) is 30.3 Å². The molecule has 0 spiro atoms. The zero-order valence-corrected chi connectivity index (χ0v) is 11.7. The first kappa shape index (κ1) is 15.4. The van der Waals surface area contributed by atoms with Crippen LogP contribution in [0.5, 0.6) is 0 Å². The molecule has 0 aliphatic rings. The zero-order valence-electron chi connectivity index (χ0n) is 11.0. The standard InChI is InChI=1S/C14H22ClNO2/c1-17-11-12-18-10-9-16(8-7-15)13-14-5-3-2-4-6-14/h2-6H,7-13H2,1H3. The summed E-state index contributed by atoms with van der Waals surface area (Å²) < 4.78 is 10.4. The Morgan fingerprint density at radius 2 is 1.83 bits per heavy atom. The molecule has 0 fully saturated rings. The first-order valence-electron chi connectivity index (χ1n) is 6.25. The highest BCUT2D eigenvalue weighted by atomic mass is 35.5. The summed E-state index contributed by atoms with van der Waals surface area (Å²) in [6.07, 6.45) is 0. The monoisotopic (exact) mass is 271 g/mol. The summed E-state index contributed by atoms with van der Waals surface area (Å²) >= 11 is 5.82. The highest BCUT2D eigenvalue weighted by molar-refractivity contribution is 6.18. The number of ether oxygens (including phenoxy) is 2. The van der Waals surface area contributed by atoms with E-state index in [-0.39, 0.29) is 0 Å². The zero-order chi connectivity index (χ0) is 13.1. The van der Waals surface area contributed by atoms with Crippen LogP contribution >= 0.6 is 11.6 Å². The van der Waals surface area contributed by atoms with Crippen LogP contribution in [-0.2, 0) is 16.0 Å². The van der Waals surface area contributed by atoms with Crippen LogP contribution in [0.2, 0.25) is 0 Å². The molecule has 3 nitrogen and oxygen atoms in total. The Morgan fingerprint density at radius 3 is 2.50 bits per heavy atom. The van der Waals surface area contributed by atoms with Crippen molar-refractivity contribution < 1.29 is 9.47 Å². The summed E-state index contributed by atoms with van der Waals surface area (Å²) in [7, 11) is 1.68. The van der Waals surface area contributed by atoms with Crippen LogP contribution in [0.3, 0.4) is 0 Å². The predicted octanol–water partition coefficient (Wildman–Crippen LogP) is 2.39. The van der Waals surface area contributed by atoms with Crippen molar-refractivity contribution in [3.63, 3.8) is 0 Å². The summed E-state index contributed by atoms with van der Waals surface area (Å²) in [4.78, 5) is 2.30. The van der Waals surface area contributed by atoms with E-state index in [2.05, 4.69) is 29.2 Å². The Morgan fingerprint density at radius 1 is 1.06 bits per heavy atom. The van der Waals surface area contributed by atoms with Crippen molar-refractivity contribution in [3.8, 4) is 0 Å². The molecule has 18 heavy (non-hydrogen) atoms. The Balaban J connectivity index is 2.26. The minimum atomic E-state index is 0.644. The number of nitrogens with zero attached hydrogens (tertiary/aromatic N) is 1. The number of benzene rings is 1. The van der Waals surface area contributed by atoms with E-state index in [9.17, 15) is 0 Å². The van der Waals surface area contributed by atoms with Gasteiger partial charge in [-0.25, -0.2) is 0 Å². The van der Waals surface area contributed by atoms with E-state index >= 15 is 0 Å². The second-order valence-corrected chi connectivity index (χ2v) is 4.43. The highest BCUT2D eigenvalue weighted by Gasteiger charge is 2.05. The van der Waals surface area contributed by atoms with Crippen molar-refractivity contribution in [1.29, 1.82) is 0 Å². The summed E-state index contributed by atoms with van der Waals surface area (Å²) in [5.41, 5.74) is 1.31. The van der Waals surface area contributed by atoms with E-state index in [0.717, 1.165) is 19.6 Å². The molecule has 0 bridgehead atoms. The molecule has 0 heterocycles. The second-order valence-electron chi connectivity index (χ2n) is 4.06. The topological polar surface area (TPSA) is 21.7 Å². The molecule has 0 saturated heterocycles. The molecular weight excluding hydrogens is 250 g/mol. The third kappa shape index (κ3) is 6.97. The van der Waals surface area contributed by atoms with E-state index in [0.29, 0.717) is 25.7 Å². The van der Waals surface area contributed by atoms with Crippen LogP contribution in [0.25, 0.3) is 0 Å². The lowest BCUT2D eigenvalue weighted by molar-refractivity contribution is 0.0569. The number of alkyl halides is 1. The minimum absolute atomic E-state index is 0.644. The molecule has 0 aliphatic carbocycles. The van der Waals surface area contributed by atoms with Gasteiger partial charge in [0.15, 0.2) is 0 Å². The molecule has 1 aromatic carbocycles. The van der Waals surface area contributed by atoms with E-state index < -0.39 is 0 Å². The smallest absolute Gasteiger partial charge is 0.0700 e. The third-order valence-electron chi connectivity index (χ3n) is 2.63. The fourth-order valence-electron chi connectivity index (χ4n) is 1.67. The highest BCUT2D eigenvalue weighted by Crippen LogP contribution is 2.04. The van der Waals surface area contributed by atoms with E-state index in [1.165, 1.54) is 5.56 Å². The molecular formula is C14H22ClNO2.